The zero-order chi connectivity index (χ0) is 36.8. The van der Waals surface area contributed by atoms with Gasteiger partial charge in [-0.2, -0.15) is 0 Å². The summed E-state index contributed by atoms with van der Waals surface area (Å²) < 4.78 is 33.8. The van der Waals surface area contributed by atoms with Crippen LogP contribution in [0.2, 0.25) is 0 Å². The number of ether oxygens (including phenoxy) is 2. The summed E-state index contributed by atoms with van der Waals surface area (Å²) in [6.07, 6.45) is 20.4. The highest BCUT2D eigenvalue weighted by Gasteiger charge is 2.27. The summed E-state index contributed by atoms with van der Waals surface area (Å²) >= 11 is 0. The normalized spacial score (nSPS) is 13.7. The number of carboxylic acids is 1. The van der Waals surface area contributed by atoms with E-state index in [1.807, 2.05) is 21.1 Å². The van der Waals surface area contributed by atoms with Crippen LogP contribution in [0.4, 0.5) is 0 Å². The minimum absolute atomic E-state index is 0.0109. The third-order valence-electron chi connectivity index (χ3n) is 7.87. The molecule has 0 fully saturated rings. The molecule has 0 saturated carbocycles. The third kappa shape index (κ3) is 34.1. The van der Waals surface area contributed by atoms with Gasteiger partial charge < -0.3 is 24.0 Å². The molecule has 0 aromatic rings. The van der Waals surface area contributed by atoms with E-state index in [0.717, 1.165) is 50.7 Å². The van der Waals surface area contributed by atoms with E-state index >= 15 is 0 Å². The van der Waals surface area contributed by atoms with E-state index in [2.05, 4.69) is 6.92 Å². The Morgan fingerprint density at radius 2 is 1.12 bits per heavy atom. The van der Waals surface area contributed by atoms with Gasteiger partial charge in [-0.1, -0.05) is 103 Å². The lowest BCUT2D eigenvalue weighted by molar-refractivity contribution is -0.870. The van der Waals surface area contributed by atoms with E-state index in [1.165, 1.54) is 57.8 Å². The first-order valence-corrected chi connectivity index (χ1v) is 19.9. The number of phosphoric ester groups is 1. The molecule has 0 aromatic carbocycles. The van der Waals surface area contributed by atoms with Gasteiger partial charge >= 0.3 is 25.7 Å². The molecule has 12 nitrogen and oxygen atoms in total. The van der Waals surface area contributed by atoms with Gasteiger partial charge in [0, 0.05) is 25.3 Å². The molecule has 2 unspecified atom stereocenters. The maximum atomic E-state index is 12.5. The summed E-state index contributed by atoms with van der Waals surface area (Å²) in [6.45, 7) is 1.93. The maximum Gasteiger partial charge on any atom is 0.472 e. The number of allylic oxidation sites excluding steroid dienone is 1. The molecule has 0 saturated heterocycles. The van der Waals surface area contributed by atoms with Crippen LogP contribution >= 0.6 is 7.82 Å². The fourth-order valence-electron chi connectivity index (χ4n) is 4.90. The van der Waals surface area contributed by atoms with Crippen LogP contribution in [0.5, 0.6) is 0 Å². The molecule has 0 aliphatic heterocycles. The Labute approximate surface area is 295 Å². The second-order valence-electron chi connectivity index (χ2n) is 13.8. The molecule has 0 aliphatic rings. The molecule has 0 radical (unpaired) electrons. The van der Waals surface area contributed by atoms with Crippen LogP contribution in [0.3, 0.4) is 0 Å². The number of carbonyl (C=O) groups excluding carboxylic acids is 3. The van der Waals surface area contributed by atoms with Crippen molar-refractivity contribution in [3.63, 3.8) is 0 Å². The Morgan fingerprint density at radius 1 is 0.653 bits per heavy atom. The average Bonchev–Trinajstić information content (AvgIpc) is 3.02. The Kier molecular flexibility index (Phi) is 28.3. The average molecular weight is 721 g/mol. The lowest BCUT2D eigenvalue weighted by Crippen LogP contribution is -2.37. The number of likely N-dealkylation sites (N-methyl/N-ethyl adjacent to an activating group) is 1. The van der Waals surface area contributed by atoms with Crippen LogP contribution in [0.15, 0.2) is 12.2 Å². The van der Waals surface area contributed by atoms with E-state index in [0.29, 0.717) is 30.3 Å². The Balaban J connectivity index is 4.49. The second-order valence-corrected chi connectivity index (χ2v) is 15.3. The van der Waals surface area contributed by atoms with Crippen LogP contribution in [0.1, 0.15) is 142 Å². The first-order chi connectivity index (χ1) is 23.2. The minimum atomic E-state index is -4.42. The van der Waals surface area contributed by atoms with Gasteiger partial charge in [0.15, 0.2) is 11.9 Å². The van der Waals surface area contributed by atoms with Crippen molar-refractivity contribution in [1.82, 2.24) is 0 Å². The topological polar surface area (TPSA) is 163 Å². The fraction of sp³-hybridized carbons (Fsp3) is 0.833. The zero-order valence-electron chi connectivity index (χ0n) is 30.9. The van der Waals surface area contributed by atoms with Gasteiger partial charge in [0.1, 0.15) is 19.8 Å². The van der Waals surface area contributed by atoms with Crippen LogP contribution in [-0.4, -0.2) is 91.8 Å². The summed E-state index contributed by atoms with van der Waals surface area (Å²) in [6, 6.07) is 0. The first kappa shape index (κ1) is 46.9. The van der Waals surface area contributed by atoms with E-state index in [-0.39, 0.29) is 38.3 Å². The minimum Gasteiger partial charge on any atom is -0.478 e. The molecule has 0 aliphatic carbocycles. The quantitative estimate of drug-likeness (QED) is 0.0220. The maximum absolute atomic E-state index is 12.5. The number of unbranched alkanes of at least 4 members (excludes halogenated alkanes) is 16. The number of ketones is 1. The molecule has 0 heterocycles. The SMILES string of the molecule is CCCCCCCCCCCCCCCC(=O)OCC(COP(=O)(O)OCC[N+](C)(C)C)OC(=O)CCCCCCCC(=O)/C=C/C(=O)O. The molecular weight excluding hydrogens is 653 g/mol. The summed E-state index contributed by atoms with van der Waals surface area (Å²) in [5.74, 6) is -2.37. The highest BCUT2D eigenvalue weighted by Crippen LogP contribution is 2.43. The van der Waals surface area contributed by atoms with E-state index in [1.54, 1.807) is 0 Å². The number of phosphoric acid groups is 1. The number of rotatable bonds is 34. The first-order valence-electron chi connectivity index (χ1n) is 18.5. The number of quaternary nitrogens is 1. The van der Waals surface area contributed by atoms with E-state index in [4.69, 9.17) is 23.6 Å². The standard InChI is InChI=1S/C36H66NO11P/c1-5-6-7-8-9-10-11-12-13-14-15-18-21-24-35(41)45-30-33(31-47-49(43,44)46-29-28-37(2,3)4)48-36(42)25-22-19-16-17-20-23-32(38)26-27-34(39)40/h26-27,33H,5-25,28-31H2,1-4H3,(H-,39,40,43,44)/p+1/b27-26+. The Morgan fingerprint density at radius 3 is 1.61 bits per heavy atom. The molecule has 2 atom stereocenters. The molecule has 0 bridgehead atoms. The van der Waals surface area contributed by atoms with Crippen molar-refractivity contribution in [3.05, 3.63) is 12.2 Å². The zero-order valence-corrected chi connectivity index (χ0v) is 31.8. The predicted molar refractivity (Wildman–Crippen MR) is 190 cm³/mol. The number of hydrogen-bond donors (Lipinski definition) is 2. The van der Waals surface area contributed by atoms with Crippen molar-refractivity contribution < 1.29 is 56.7 Å². The number of hydrogen-bond acceptors (Lipinski definition) is 9. The molecule has 0 aromatic heterocycles. The third-order valence-corrected chi connectivity index (χ3v) is 8.85. The molecule has 13 heteroatoms. The summed E-state index contributed by atoms with van der Waals surface area (Å²) in [7, 11) is 1.32. The Hall–Kier alpha value is -2.11. The number of carbonyl (C=O) groups is 4. The van der Waals surface area contributed by atoms with Gasteiger partial charge in [-0.3, -0.25) is 23.4 Å². The fourth-order valence-corrected chi connectivity index (χ4v) is 5.64. The van der Waals surface area contributed by atoms with Crippen molar-refractivity contribution in [2.45, 2.75) is 148 Å². The molecule has 49 heavy (non-hydrogen) atoms. The van der Waals surface area contributed by atoms with Crippen molar-refractivity contribution in [2.75, 3.05) is 47.5 Å². The van der Waals surface area contributed by atoms with Crippen LogP contribution < -0.4 is 0 Å². The molecular formula is C36H67NO11P+. The lowest BCUT2D eigenvalue weighted by Gasteiger charge is -2.24. The van der Waals surface area contributed by atoms with Gasteiger partial charge in [-0.05, 0) is 25.3 Å². The number of aliphatic carboxylic acids is 1. The number of esters is 2. The van der Waals surface area contributed by atoms with E-state index < -0.39 is 38.4 Å². The van der Waals surface area contributed by atoms with Crippen LogP contribution in [0, 0.1) is 0 Å². The molecule has 0 rings (SSSR count). The van der Waals surface area contributed by atoms with Crippen molar-refractivity contribution >= 4 is 31.5 Å². The molecule has 286 valence electrons. The second kappa shape index (κ2) is 29.6. The van der Waals surface area contributed by atoms with Crippen molar-refractivity contribution in [3.8, 4) is 0 Å². The van der Waals surface area contributed by atoms with Gasteiger partial charge in [0.2, 0.25) is 0 Å². The van der Waals surface area contributed by atoms with Gasteiger partial charge in [-0.25, -0.2) is 9.36 Å². The predicted octanol–water partition coefficient (Wildman–Crippen LogP) is 7.70. The summed E-state index contributed by atoms with van der Waals surface area (Å²) in [5.41, 5.74) is 0. The summed E-state index contributed by atoms with van der Waals surface area (Å²) in [4.78, 5) is 57.1. The molecule has 2 N–H and O–H groups in total. The highest BCUT2D eigenvalue weighted by atomic mass is 31.2. The van der Waals surface area contributed by atoms with Crippen LogP contribution in [0.25, 0.3) is 0 Å². The number of carboxylic acid groups (broad SMARTS) is 1. The summed E-state index contributed by atoms with van der Waals surface area (Å²) in [5, 5.41) is 8.57. The largest absolute Gasteiger partial charge is 0.478 e. The van der Waals surface area contributed by atoms with Crippen molar-refractivity contribution in [2.24, 2.45) is 0 Å². The molecule has 0 amide bonds. The molecule has 0 spiro atoms. The Bertz CT molecular complexity index is 981. The smallest absolute Gasteiger partial charge is 0.472 e. The van der Waals surface area contributed by atoms with Crippen molar-refractivity contribution in [1.29, 1.82) is 0 Å². The van der Waals surface area contributed by atoms with Gasteiger partial charge in [-0.15, -0.1) is 0 Å². The highest BCUT2D eigenvalue weighted by molar-refractivity contribution is 7.47. The van der Waals surface area contributed by atoms with Crippen LogP contribution in [-0.2, 0) is 42.3 Å². The van der Waals surface area contributed by atoms with E-state index in [9.17, 15) is 28.6 Å². The van der Waals surface area contributed by atoms with Gasteiger partial charge in [0.25, 0.3) is 0 Å². The number of nitrogens with zero attached hydrogens (tertiary/aromatic N) is 1. The monoisotopic (exact) mass is 720 g/mol. The lowest BCUT2D eigenvalue weighted by atomic mass is 10.0. The van der Waals surface area contributed by atoms with Gasteiger partial charge in [0.05, 0.1) is 27.7 Å².